The number of para-hydroxylation sites is 2. The third-order valence-corrected chi connectivity index (χ3v) is 4.44. The van der Waals surface area contributed by atoms with Gasteiger partial charge in [0, 0.05) is 18.0 Å². The van der Waals surface area contributed by atoms with Crippen molar-refractivity contribution in [2.75, 3.05) is 16.8 Å². The molecule has 0 atom stereocenters. The number of carbonyl (C=O) groups is 1. The molecule has 0 saturated carbocycles. The molecule has 1 amide bonds. The number of nitrogens with one attached hydrogen (secondary N) is 1. The molecule has 0 spiro atoms. The molecule has 6 heteroatoms. The summed E-state index contributed by atoms with van der Waals surface area (Å²) in [5.41, 5.74) is 1.45. The molecule has 0 fully saturated rings. The monoisotopic (exact) mass is 339 g/mol. The smallest absolute Gasteiger partial charge is 0.261 e. The number of hydrogen-bond acceptors (Lipinski definition) is 4. The van der Waals surface area contributed by atoms with Gasteiger partial charge in [0.05, 0.1) is 23.0 Å². The Kier molecular flexibility index (Phi) is 5.28. The van der Waals surface area contributed by atoms with E-state index >= 15 is 0 Å². The molecule has 3 aromatic rings. The van der Waals surface area contributed by atoms with Crippen molar-refractivity contribution in [2.24, 2.45) is 0 Å². The number of hydrogen-bond donors (Lipinski definition) is 1. The highest BCUT2D eigenvalue weighted by Gasteiger charge is 2.05. The van der Waals surface area contributed by atoms with Crippen LogP contribution in [0.25, 0.3) is 10.9 Å². The van der Waals surface area contributed by atoms with E-state index in [1.54, 1.807) is 17.0 Å². The highest BCUT2D eigenvalue weighted by atomic mass is 32.2. The van der Waals surface area contributed by atoms with Crippen LogP contribution < -0.4 is 10.9 Å². The number of amides is 1. The SMILES string of the molecule is O=C(CSCCn1cnc2ccccc2c1=O)Nc1ccccc1. The van der Waals surface area contributed by atoms with Crippen molar-refractivity contribution in [2.45, 2.75) is 6.54 Å². The largest absolute Gasteiger partial charge is 0.325 e. The molecule has 2 aromatic carbocycles. The summed E-state index contributed by atoms with van der Waals surface area (Å²) in [5, 5.41) is 3.45. The predicted octanol–water partition coefficient (Wildman–Crippen LogP) is 2.77. The number of nitrogens with zero attached hydrogens (tertiary/aromatic N) is 2. The van der Waals surface area contributed by atoms with E-state index in [0.29, 0.717) is 29.0 Å². The highest BCUT2D eigenvalue weighted by molar-refractivity contribution is 7.99. The molecule has 0 aliphatic carbocycles. The van der Waals surface area contributed by atoms with Crippen molar-refractivity contribution >= 4 is 34.3 Å². The van der Waals surface area contributed by atoms with Crippen LogP contribution in [0.1, 0.15) is 0 Å². The summed E-state index contributed by atoms with van der Waals surface area (Å²) in [6.45, 7) is 0.528. The van der Waals surface area contributed by atoms with Crippen LogP contribution in [0.15, 0.2) is 65.7 Å². The minimum Gasteiger partial charge on any atom is -0.325 e. The Morgan fingerprint density at radius 1 is 1.08 bits per heavy atom. The number of thioether (sulfide) groups is 1. The van der Waals surface area contributed by atoms with E-state index < -0.39 is 0 Å². The third-order valence-electron chi connectivity index (χ3n) is 3.50. The van der Waals surface area contributed by atoms with Crippen LogP contribution in [0.3, 0.4) is 0 Å². The first-order chi connectivity index (χ1) is 11.7. The molecule has 0 radical (unpaired) electrons. The first-order valence-corrected chi connectivity index (χ1v) is 8.76. The number of rotatable bonds is 6. The third kappa shape index (κ3) is 4.02. The van der Waals surface area contributed by atoms with Crippen LogP contribution >= 0.6 is 11.8 Å². The van der Waals surface area contributed by atoms with Crippen molar-refractivity contribution in [1.82, 2.24) is 9.55 Å². The number of fused-ring (bicyclic) bond motifs is 1. The topological polar surface area (TPSA) is 64.0 Å². The van der Waals surface area contributed by atoms with Crippen LogP contribution in [0, 0.1) is 0 Å². The van der Waals surface area contributed by atoms with Gasteiger partial charge in [0.25, 0.3) is 5.56 Å². The molecule has 122 valence electrons. The Labute approximate surface area is 143 Å². The Balaban J connectivity index is 1.51. The second kappa shape index (κ2) is 7.79. The van der Waals surface area contributed by atoms with Gasteiger partial charge in [-0.25, -0.2) is 4.98 Å². The van der Waals surface area contributed by atoms with E-state index in [2.05, 4.69) is 10.3 Å². The summed E-state index contributed by atoms with van der Waals surface area (Å²) >= 11 is 1.49. The summed E-state index contributed by atoms with van der Waals surface area (Å²) in [6, 6.07) is 16.7. The minimum absolute atomic E-state index is 0.0461. The van der Waals surface area contributed by atoms with E-state index in [-0.39, 0.29) is 11.5 Å². The molecule has 1 aromatic heterocycles. The van der Waals surface area contributed by atoms with Gasteiger partial charge >= 0.3 is 0 Å². The minimum atomic E-state index is -0.0464. The van der Waals surface area contributed by atoms with Gasteiger partial charge in [-0.1, -0.05) is 30.3 Å². The van der Waals surface area contributed by atoms with Crippen molar-refractivity contribution in [1.29, 1.82) is 0 Å². The van der Waals surface area contributed by atoms with Gasteiger partial charge in [-0.15, -0.1) is 0 Å². The fourth-order valence-electron chi connectivity index (χ4n) is 2.31. The summed E-state index contributed by atoms with van der Waals surface area (Å²) in [4.78, 5) is 28.5. The molecule has 1 N–H and O–H groups in total. The Hall–Kier alpha value is -2.60. The maximum Gasteiger partial charge on any atom is 0.261 e. The van der Waals surface area contributed by atoms with Crippen LogP contribution in [-0.2, 0) is 11.3 Å². The van der Waals surface area contributed by atoms with Gasteiger partial charge in [0.2, 0.25) is 5.91 Å². The first-order valence-electron chi connectivity index (χ1n) is 7.61. The molecular weight excluding hydrogens is 322 g/mol. The number of benzene rings is 2. The van der Waals surface area contributed by atoms with Crippen molar-refractivity contribution < 1.29 is 4.79 Å². The molecular formula is C18H17N3O2S. The van der Waals surface area contributed by atoms with Crippen molar-refractivity contribution in [3.8, 4) is 0 Å². The molecule has 24 heavy (non-hydrogen) atoms. The van der Waals surface area contributed by atoms with Gasteiger partial charge in [-0.05, 0) is 24.3 Å². The Morgan fingerprint density at radius 3 is 2.67 bits per heavy atom. The van der Waals surface area contributed by atoms with Gasteiger partial charge < -0.3 is 5.32 Å². The highest BCUT2D eigenvalue weighted by Crippen LogP contribution is 2.08. The normalized spacial score (nSPS) is 10.7. The zero-order valence-electron chi connectivity index (χ0n) is 13.0. The number of anilines is 1. The second-order valence-corrected chi connectivity index (χ2v) is 6.33. The Bertz CT molecular complexity index is 893. The molecule has 0 unspecified atom stereocenters. The molecule has 0 aliphatic heterocycles. The van der Waals surface area contributed by atoms with Gasteiger partial charge in [-0.2, -0.15) is 11.8 Å². The maximum absolute atomic E-state index is 12.3. The van der Waals surface area contributed by atoms with Gasteiger partial charge in [0.15, 0.2) is 0 Å². The quantitative estimate of drug-likeness (QED) is 0.702. The van der Waals surface area contributed by atoms with Crippen LogP contribution in [0.2, 0.25) is 0 Å². The standard InChI is InChI=1S/C18H17N3O2S/c22-17(20-14-6-2-1-3-7-14)12-24-11-10-21-13-19-16-9-5-4-8-15(16)18(21)23/h1-9,13H,10-12H2,(H,20,22). The van der Waals surface area contributed by atoms with Crippen LogP contribution in [0.5, 0.6) is 0 Å². The second-order valence-electron chi connectivity index (χ2n) is 5.23. The molecule has 0 bridgehead atoms. The fraction of sp³-hybridized carbons (Fsp3) is 0.167. The average Bonchev–Trinajstić information content (AvgIpc) is 2.61. The molecule has 3 rings (SSSR count). The molecule has 0 saturated heterocycles. The van der Waals surface area contributed by atoms with Gasteiger partial charge in [-0.3, -0.25) is 14.2 Å². The summed E-state index contributed by atoms with van der Waals surface area (Å²) in [6.07, 6.45) is 1.56. The predicted molar refractivity (Wildman–Crippen MR) is 98.4 cm³/mol. The zero-order valence-corrected chi connectivity index (χ0v) is 13.8. The molecule has 1 heterocycles. The number of aromatic nitrogens is 2. The lowest BCUT2D eigenvalue weighted by Gasteiger charge is -2.07. The van der Waals surface area contributed by atoms with E-state index in [1.165, 1.54) is 11.8 Å². The lowest BCUT2D eigenvalue weighted by Crippen LogP contribution is -2.22. The number of carbonyl (C=O) groups excluding carboxylic acids is 1. The van der Waals surface area contributed by atoms with E-state index in [4.69, 9.17) is 0 Å². The lowest BCUT2D eigenvalue weighted by atomic mass is 10.2. The molecule has 5 nitrogen and oxygen atoms in total. The Morgan fingerprint density at radius 2 is 1.83 bits per heavy atom. The average molecular weight is 339 g/mol. The van der Waals surface area contributed by atoms with Crippen molar-refractivity contribution in [3.63, 3.8) is 0 Å². The summed E-state index contributed by atoms with van der Waals surface area (Å²) < 4.78 is 1.59. The number of aryl methyl sites for hydroxylation is 1. The first kappa shape index (κ1) is 16.3. The van der Waals surface area contributed by atoms with E-state index in [1.807, 2.05) is 48.5 Å². The lowest BCUT2D eigenvalue weighted by molar-refractivity contribution is -0.113. The van der Waals surface area contributed by atoms with E-state index in [9.17, 15) is 9.59 Å². The summed E-state index contributed by atoms with van der Waals surface area (Å²) in [5.74, 6) is 0.974. The maximum atomic E-state index is 12.3. The fourth-order valence-corrected chi connectivity index (χ4v) is 3.04. The van der Waals surface area contributed by atoms with Gasteiger partial charge in [0.1, 0.15) is 0 Å². The van der Waals surface area contributed by atoms with Crippen LogP contribution in [-0.4, -0.2) is 27.0 Å². The zero-order chi connectivity index (χ0) is 16.8. The van der Waals surface area contributed by atoms with Crippen LogP contribution in [0.4, 0.5) is 5.69 Å². The molecule has 0 aliphatic rings. The van der Waals surface area contributed by atoms with E-state index in [0.717, 1.165) is 5.69 Å². The summed E-state index contributed by atoms with van der Waals surface area (Å²) in [7, 11) is 0. The van der Waals surface area contributed by atoms with Crippen molar-refractivity contribution in [3.05, 3.63) is 71.3 Å².